The molecule has 2 atom stereocenters. The molecule has 1 unspecified atom stereocenters. The molecular weight excluding hydrogens is 733 g/mol. The van der Waals surface area contributed by atoms with Crippen LogP contribution in [0.25, 0.3) is 0 Å². The van der Waals surface area contributed by atoms with Gasteiger partial charge in [0, 0.05) is 19.3 Å². The Balaban J connectivity index is 4.32. The van der Waals surface area contributed by atoms with E-state index in [-0.39, 0.29) is 31.1 Å². The zero-order valence-electron chi connectivity index (χ0n) is 40.4. The Labute approximate surface area is 368 Å². The summed E-state index contributed by atoms with van der Waals surface area (Å²) >= 11 is 0. The summed E-state index contributed by atoms with van der Waals surface area (Å²) in [6.45, 7) is 11.4. The number of carbonyl (C=O) groups is 3. The molecule has 350 valence electrons. The summed E-state index contributed by atoms with van der Waals surface area (Å²) in [5.74, 6) is 0.855. The number of carbonyl (C=O) groups excluding carboxylic acids is 3. The van der Waals surface area contributed by atoms with E-state index in [9.17, 15) is 14.4 Å². The molecule has 0 aliphatic carbocycles. The van der Waals surface area contributed by atoms with Crippen molar-refractivity contribution in [1.82, 2.24) is 0 Å². The van der Waals surface area contributed by atoms with Crippen molar-refractivity contribution in [2.24, 2.45) is 11.8 Å². The van der Waals surface area contributed by atoms with Crippen LogP contribution in [0.5, 0.6) is 0 Å². The minimum absolute atomic E-state index is 0.0636. The van der Waals surface area contributed by atoms with E-state index >= 15 is 0 Å². The molecule has 0 spiro atoms. The average molecular weight is 835 g/mol. The lowest BCUT2D eigenvalue weighted by Gasteiger charge is -2.18. The molecule has 59 heavy (non-hydrogen) atoms. The maximum atomic E-state index is 12.8. The van der Waals surface area contributed by atoms with Crippen LogP contribution in [-0.4, -0.2) is 37.2 Å². The molecule has 0 saturated heterocycles. The number of unbranched alkanes of at least 4 members (excludes halogenated alkanes) is 31. The van der Waals surface area contributed by atoms with E-state index in [0.717, 1.165) is 69.6 Å². The van der Waals surface area contributed by atoms with E-state index in [1.54, 1.807) is 0 Å². The summed E-state index contributed by atoms with van der Waals surface area (Å²) in [6.07, 6.45) is 46.5. The second-order valence-electron chi connectivity index (χ2n) is 18.9. The van der Waals surface area contributed by atoms with E-state index in [4.69, 9.17) is 14.2 Å². The lowest BCUT2D eigenvalue weighted by atomic mass is 9.99. The van der Waals surface area contributed by atoms with Crippen molar-refractivity contribution < 1.29 is 28.6 Å². The minimum atomic E-state index is -0.761. The van der Waals surface area contributed by atoms with Gasteiger partial charge in [0.15, 0.2) is 6.10 Å². The second kappa shape index (κ2) is 45.9. The van der Waals surface area contributed by atoms with Crippen LogP contribution in [0.1, 0.15) is 291 Å². The summed E-state index contributed by atoms with van der Waals surface area (Å²) < 4.78 is 16.8. The molecule has 0 bridgehead atoms. The van der Waals surface area contributed by atoms with Gasteiger partial charge in [0.25, 0.3) is 0 Å². The van der Waals surface area contributed by atoms with Gasteiger partial charge >= 0.3 is 17.9 Å². The Morgan fingerprint density at radius 3 is 0.966 bits per heavy atom. The first-order chi connectivity index (χ1) is 28.8. The molecule has 0 saturated carbocycles. The van der Waals surface area contributed by atoms with Gasteiger partial charge < -0.3 is 14.2 Å². The molecular formula is C53H102O6. The number of rotatable bonds is 47. The fraction of sp³-hybridized carbons (Fsp3) is 0.943. The van der Waals surface area contributed by atoms with Crippen molar-refractivity contribution in [3.05, 3.63) is 0 Å². The highest BCUT2D eigenvalue weighted by atomic mass is 16.6. The van der Waals surface area contributed by atoms with E-state index in [1.807, 2.05) is 0 Å². The molecule has 0 aliphatic heterocycles. The van der Waals surface area contributed by atoms with Gasteiger partial charge in [0.2, 0.25) is 0 Å². The maximum Gasteiger partial charge on any atom is 0.306 e. The fourth-order valence-corrected chi connectivity index (χ4v) is 7.96. The van der Waals surface area contributed by atoms with Crippen molar-refractivity contribution >= 4 is 17.9 Å². The van der Waals surface area contributed by atoms with Crippen molar-refractivity contribution in [2.45, 2.75) is 298 Å². The lowest BCUT2D eigenvalue weighted by Crippen LogP contribution is -2.30. The van der Waals surface area contributed by atoms with Gasteiger partial charge in [0.05, 0.1) is 0 Å². The molecule has 0 amide bonds. The third kappa shape index (κ3) is 45.8. The van der Waals surface area contributed by atoms with Gasteiger partial charge in [-0.1, -0.05) is 253 Å². The highest BCUT2D eigenvalue weighted by Crippen LogP contribution is 2.18. The second-order valence-corrected chi connectivity index (χ2v) is 18.9. The fourth-order valence-electron chi connectivity index (χ4n) is 7.96. The average Bonchev–Trinajstić information content (AvgIpc) is 3.22. The first-order valence-corrected chi connectivity index (χ1v) is 26.3. The summed E-state index contributed by atoms with van der Waals surface area (Å²) in [5, 5.41) is 0. The first kappa shape index (κ1) is 57.4. The first-order valence-electron chi connectivity index (χ1n) is 26.3. The number of hydrogen-bond acceptors (Lipinski definition) is 6. The van der Waals surface area contributed by atoms with E-state index in [2.05, 4.69) is 34.6 Å². The van der Waals surface area contributed by atoms with Crippen molar-refractivity contribution in [2.75, 3.05) is 13.2 Å². The highest BCUT2D eigenvalue weighted by Gasteiger charge is 2.19. The van der Waals surface area contributed by atoms with Crippen LogP contribution in [0.15, 0.2) is 0 Å². The predicted octanol–water partition coefficient (Wildman–Crippen LogP) is 16.9. The normalized spacial score (nSPS) is 12.5. The van der Waals surface area contributed by atoms with E-state index in [0.29, 0.717) is 19.3 Å². The predicted molar refractivity (Wildman–Crippen MR) is 252 cm³/mol. The van der Waals surface area contributed by atoms with Crippen molar-refractivity contribution in [3.8, 4) is 0 Å². The summed E-state index contributed by atoms with van der Waals surface area (Å²) in [4.78, 5) is 38.0. The summed E-state index contributed by atoms with van der Waals surface area (Å²) in [5.41, 5.74) is 0. The lowest BCUT2D eigenvalue weighted by molar-refractivity contribution is -0.167. The van der Waals surface area contributed by atoms with Gasteiger partial charge in [-0.3, -0.25) is 14.4 Å². The van der Waals surface area contributed by atoms with E-state index in [1.165, 1.54) is 180 Å². The highest BCUT2D eigenvalue weighted by molar-refractivity contribution is 5.71. The largest absolute Gasteiger partial charge is 0.462 e. The van der Waals surface area contributed by atoms with E-state index < -0.39 is 6.10 Å². The quantitative estimate of drug-likeness (QED) is 0.0345. The maximum absolute atomic E-state index is 12.8. The molecule has 6 nitrogen and oxygen atoms in total. The topological polar surface area (TPSA) is 78.9 Å². The molecule has 0 fully saturated rings. The summed E-state index contributed by atoms with van der Waals surface area (Å²) in [6, 6.07) is 0. The zero-order chi connectivity index (χ0) is 43.3. The number of hydrogen-bond donors (Lipinski definition) is 0. The third-order valence-electron chi connectivity index (χ3n) is 12.3. The Morgan fingerprint density at radius 1 is 0.356 bits per heavy atom. The Kier molecular flexibility index (Phi) is 44.7. The van der Waals surface area contributed by atoms with Crippen molar-refractivity contribution in [1.29, 1.82) is 0 Å². The van der Waals surface area contributed by atoms with Crippen LogP contribution >= 0.6 is 0 Å². The van der Waals surface area contributed by atoms with Gasteiger partial charge in [-0.25, -0.2) is 0 Å². The minimum Gasteiger partial charge on any atom is -0.462 e. The van der Waals surface area contributed by atoms with Crippen LogP contribution < -0.4 is 0 Å². The molecule has 6 heteroatoms. The molecule has 0 aromatic rings. The van der Waals surface area contributed by atoms with Gasteiger partial charge in [0.1, 0.15) is 13.2 Å². The third-order valence-corrected chi connectivity index (χ3v) is 12.3. The van der Waals surface area contributed by atoms with Gasteiger partial charge in [-0.05, 0) is 31.1 Å². The SMILES string of the molecule is CCCCCCCCCCCCCCC(=O)OC[C@@H](COC(=O)CCCCCCCCCCCCC(C)CC)OC(=O)CCCCCCCCCCCCCCC(C)C. The zero-order valence-corrected chi connectivity index (χ0v) is 40.4. The molecule has 0 aliphatic rings. The molecule has 0 heterocycles. The van der Waals surface area contributed by atoms with Crippen LogP contribution in [-0.2, 0) is 28.6 Å². The van der Waals surface area contributed by atoms with Gasteiger partial charge in [-0.15, -0.1) is 0 Å². The standard InChI is InChI=1S/C53H102O6/c1-6-8-9-10-11-12-13-17-23-28-33-38-43-51(54)57-46-50(47-58-52(55)44-39-34-29-24-20-19-22-27-32-37-42-49(5)7-2)59-53(56)45-40-35-30-25-18-15-14-16-21-26-31-36-41-48(3)4/h48-50H,6-47H2,1-5H3/t49?,50-/m0/s1. The Bertz CT molecular complexity index is 902. The van der Waals surface area contributed by atoms with Crippen LogP contribution in [0.4, 0.5) is 0 Å². The number of ether oxygens (including phenoxy) is 3. The smallest absolute Gasteiger partial charge is 0.306 e. The molecule has 0 N–H and O–H groups in total. The van der Waals surface area contributed by atoms with Crippen LogP contribution in [0.3, 0.4) is 0 Å². The molecule has 0 rings (SSSR count). The molecule has 0 radical (unpaired) electrons. The summed E-state index contributed by atoms with van der Waals surface area (Å²) in [7, 11) is 0. The molecule has 0 aromatic carbocycles. The monoisotopic (exact) mass is 835 g/mol. The Hall–Kier alpha value is -1.59. The molecule has 0 aromatic heterocycles. The Morgan fingerprint density at radius 2 is 0.644 bits per heavy atom. The van der Waals surface area contributed by atoms with Crippen LogP contribution in [0.2, 0.25) is 0 Å². The van der Waals surface area contributed by atoms with Crippen molar-refractivity contribution in [3.63, 3.8) is 0 Å². The van der Waals surface area contributed by atoms with Gasteiger partial charge in [-0.2, -0.15) is 0 Å². The van der Waals surface area contributed by atoms with Crippen LogP contribution in [0, 0.1) is 11.8 Å². The number of esters is 3.